The van der Waals surface area contributed by atoms with Gasteiger partial charge in [0, 0.05) is 32.1 Å². The van der Waals surface area contributed by atoms with Crippen molar-refractivity contribution in [1.29, 1.82) is 0 Å². The van der Waals surface area contributed by atoms with Gasteiger partial charge in [0.05, 0.1) is 12.6 Å². The second-order valence-corrected chi connectivity index (χ2v) is 9.30. The predicted molar refractivity (Wildman–Crippen MR) is 128 cm³/mol. The molecular weight excluding hydrogens is 474 g/mol. The van der Waals surface area contributed by atoms with Crippen LogP contribution in [0.15, 0.2) is 54.6 Å². The third-order valence-corrected chi connectivity index (χ3v) is 5.32. The molecule has 2 aromatic carbocycles. The van der Waals surface area contributed by atoms with Crippen molar-refractivity contribution in [3.05, 3.63) is 60.2 Å². The number of halogens is 2. The molecule has 1 aliphatic heterocycles. The molecule has 0 saturated carbocycles. The number of rotatable bonds is 8. The van der Waals surface area contributed by atoms with Gasteiger partial charge in [-0.1, -0.05) is 36.4 Å². The van der Waals surface area contributed by atoms with E-state index in [1.54, 1.807) is 42.7 Å². The van der Waals surface area contributed by atoms with Crippen molar-refractivity contribution in [2.45, 2.75) is 52.1 Å². The van der Waals surface area contributed by atoms with Gasteiger partial charge in [0.1, 0.15) is 23.7 Å². The van der Waals surface area contributed by atoms with Crippen LogP contribution in [0.3, 0.4) is 0 Å². The first-order valence-electron chi connectivity index (χ1n) is 11.7. The molecule has 0 spiro atoms. The van der Waals surface area contributed by atoms with Crippen molar-refractivity contribution in [3.63, 3.8) is 0 Å². The van der Waals surface area contributed by atoms with E-state index in [0.29, 0.717) is 18.7 Å². The molecule has 1 fully saturated rings. The predicted octanol–water partition coefficient (Wildman–Crippen LogP) is 5.32. The molecular formula is C26H32F2N2O6. The van der Waals surface area contributed by atoms with Gasteiger partial charge in [-0.15, -0.1) is 0 Å². The first-order valence-corrected chi connectivity index (χ1v) is 11.7. The highest BCUT2D eigenvalue weighted by Gasteiger charge is 2.35. The summed E-state index contributed by atoms with van der Waals surface area (Å²) in [5, 5.41) is 0. The van der Waals surface area contributed by atoms with Gasteiger partial charge in [-0.05, 0) is 38.5 Å². The standard InChI is InChI=1S/C26H32F2N2O6/c1-26(2,3)36-25(32)30-14-13-29(24(31)34-18-19-8-5-4-6-9-19)17-20(30)12-15-33-21-10-7-11-22(16-21)35-23(27)28/h4-11,16,20,23H,12-15,17-18H2,1-3H3/t20-/m1/s1. The lowest BCUT2D eigenvalue weighted by Crippen LogP contribution is -2.57. The molecule has 0 aromatic heterocycles. The number of nitrogens with zero attached hydrogens (tertiary/aromatic N) is 2. The van der Waals surface area contributed by atoms with E-state index in [-0.39, 0.29) is 32.1 Å². The van der Waals surface area contributed by atoms with Crippen LogP contribution in [0.5, 0.6) is 11.5 Å². The SMILES string of the molecule is CC(C)(C)OC(=O)N1CCN(C(=O)OCc2ccccc2)C[C@H]1CCOc1cccc(OC(F)F)c1. The minimum atomic E-state index is -2.93. The van der Waals surface area contributed by atoms with E-state index < -0.39 is 30.4 Å². The topological polar surface area (TPSA) is 77.5 Å². The maximum absolute atomic E-state index is 12.8. The molecule has 1 saturated heterocycles. The van der Waals surface area contributed by atoms with Crippen LogP contribution in [0.25, 0.3) is 0 Å². The van der Waals surface area contributed by atoms with Crippen LogP contribution in [-0.2, 0) is 16.1 Å². The van der Waals surface area contributed by atoms with E-state index >= 15 is 0 Å². The third-order valence-electron chi connectivity index (χ3n) is 5.32. The van der Waals surface area contributed by atoms with Gasteiger partial charge < -0.3 is 28.7 Å². The summed E-state index contributed by atoms with van der Waals surface area (Å²) < 4.78 is 46.1. The van der Waals surface area contributed by atoms with Crippen molar-refractivity contribution < 1.29 is 37.3 Å². The Kier molecular flexibility index (Phi) is 9.32. The third kappa shape index (κ3) is 8.58. The number of hydrogen-bond donors (Lipinski definition) is 0. The van der Waals surface area contributed by atoms with Gasteiger partial charge in [0.2, 0.25) is 0 Å². The van der Waals surface area contributed by atoms with Gasteiger partial charge in [-0.3, -0.25) is 0 Å². The van der Waals surface area contributed by atoms with Crippen molar-refractivity contribution >= 4 is 12.2 Å². The number of alkyl halides is 2. The molecule has 10 heteroatoms. The van der Waals surface area contributed by atoms with Crippen molar-refractivity contribution in [2.24, 2.45) is 0 Å². The lowest BCUT2D eigenvalue weighted by atomic mass is 10.1. The minimum absolute atomic E-state index is 0.0112. The molecule has 0 aliphatic carbocycles. The van der Waals surface area contributed by atoms with E-state index in [1.807, 2.05) is 30.3 Å². The van der Waals surface area contributed by atoms with Gasteiger partial charge in [0.15, 0.2) is 0 Å². The van der Waals surface area contributed by atoms with E-state index in [2.05, 4.69) is 4.74 Å². The molecule has 36 heavy (non-hydrogen) atoms. The fourth-order valence-electron chi connectivity index (χ4n) is 3.69. The number of carbonyl (C=O) groups is 2. The largest absolute Gasteiger partial charge is 0.493 e. The number of hydrogen-bond acceptors (Lipinski definition) is 6. The molecule has 8 nitrogen and oxygen atoms in total. The molecule has 2 aromatic rings. The average Bonchev–Trinajstić information content (AvgIpc) is 2.82. The quantitative estimate of drug-likeness (QED) is 0.483. The van der Waals surface area contributed by atoms with Gasteiger partial charge in [0.25, 0.3) is 0 Å². The molecule has 1 aliphatic rings. The highest BCUT2D eigenvalue weighted by Crippen LogP contribution is 2.23. The Morgan fingerprint density at radius 3 is 2.42 bits per heavy atom. The maximum Gasteiger partial charge on any atom is 0.410 e. The van der Waals surface area contributed by atoms with Crippen LogP contribution in [0.2, 0.25) is 0 Å². The molecule has 1 atom stereocenters. The molecule has 0 radical (unpaired) electrons. The van der Waals surface area contributed by atoms with Crippen molar-refractivity contribution in [1.82, 2.24) is 9.80 Å². The first kappa shape index (κ1) is 27.0. The normalized spacial score (nSPS) is 16.0. The highest BCUT2D eigenvalue weighted by molar-refractivity contribution is 5.71. The summed E-state index contributed by atoms with van der Waals surface area (Å²) in [4.78, 5) is 28.7. The first-order chi connectivity index (χ1) is 17.1. The minimum Gasteiger partial charge on any atom is -0.493 e. The van der Waals surface area contributed by atoms with Crippen LogP contribution >= 0.6 is 0 Å². The van der Waals surface area contributed by atoms with Crippen LogP contribution in [0, 0.1) is 0 Å². The van der Waals surface area contributed by atoms with Crippen molar-refractivity contribution in [3.8, 4) is 11.5 Å². The second-order valence-electron chi connectivity index (χ2n) is 9.30. The Labute approximate surface area is 209 Å². The van der Waals surface area contributed by atoms with Gasteiger partial charge >= 0.3 is 18.8 Å². The monoisotopic (exact) mass is 506 g/mol. The number of benzene rings is 2. The van der Waals surface area contributed by atoms with E-state index in [4.69, 9.17) is 14.2 Å². The zero-order valence-corrected chi connectivity index (χ0v) is 20.7. The Balaban J connectivity index is 1.61. The number of piperazine rings is 1. The van der Waals surface area contributed by atoms with Crippen LogP contribution in [-0.4, -0.2) is 66.5 Å². The lowest BCUT2D eigenvalue weighted by molar-refractivity contribution is -0.0499. The Morgan fingerprint density at radius 1 is 1.00 bits per heavy atom. The summed E-state index contributed by atoms with van der Waals surface area (Å²) in [5.41, 5.74) is 0.205. The zero-order valence-electron chi connectivity index (χ0n) is 20.7. The number of amides is 2. The molecule has 0 unspecified atom stereocenters. The van der Waals surface area contributed by atoms with Gasteiger partial charge in [-0.25, -0.2) is 9.59 Å². The zero-order chi connectivity index (χ0) is 26.1. The summed E-state index contributed by atoms with van der Waals surface area (Å²) >= 11 is 0. The molecule has 0 N–H and O–H groups in total. The van der Waals surface area contributed by atoms with E-state index in [1.165, 1.54) is 12.1 Å². The van der Waals surface area contributed by atoms with E-state index in [9.17, 15) is 18.4 Å². The summed E-state index contributed by atoms with van der Waals surface area (Å²) in [5.74, 6) is 0.342. The Hall–Kier alpha value is -3.56. The van der Waals surface area contributed by atoms with E-state index in [0.717, 1.165) is 5.56 Å². The second kappa shape index (κ2) is 12.4. The summed E-state index contributed by atoms with van der Waals surface area (Å²) in [6, 6.07) is 14.9. The molecule has 0 bridgehead atoms. The fraction of sp³-hybridized carbons (Fsp3) is 0.462. The van der Waals surface area contributed by atoms with Crippen LogP contribution < -0.4 is 9.47 Å². The number of ether oxygens (including phenoxy) is 4. The van der Waals surface area contributed by atoms with Crippen molar-refractivity contribution in [2.75, 3.05) is 26.2 Å². The average molecular weight is 507 g/mol. The maximum atomic E-state index is 12.8. The molecule has 2 amide bonds. The summed E-state index contributed by atoms with van der Waals surface area (Å²) in [6.07, 6.45) is -0.565. The molecule has 3 rings (SSSR count). The fourth-order valence-corrected chi connectivity index (χ4v) is 3.69. The van der Waals surface area contributed by atoms with Crippen LogP contribution in [0.1, 0.15) is 32.8 Å². The highest BCUT2D eigenvalue weighted by atomic mass is 19.3. The summed E-state index contributed by atoms with van der Waals surface area (Å²) in [6.45, 7) is 3.57. The Morgan fingerprint density at radius 2 is 1.72 bits per heavy atom. The molecule has 1 heterocycles. The lowest BCUT2D eigenvalue weighted by Gasteiger charge is -2.41. The molecule has 196 valence electrons. The number of carbonyl (C=O) groups excluding carboxylic acids is 2. The van der Waals surface area contributed by atoms with Gasteiger partial charge in [-0.2, -0.15) is 8.78 Å². The van der Waals surface area contributed by atoms with Crippen LogP contribution in [0.4, 0.5) is 18.4 Å². The Bertz CT molecular complexity index is 999. The summed E-state index contributed by atoms with van der Waals surface area (Å²) in [7, 11) is 0. The smallest absolute Gasteiger partial charge is 0.410 e.